The lowest BCUT2D eigenvalue weighted by atomic mass is 9.94. The molecule has 0 bridgehead atoms. The molecule has 1 atom stereocenters. The first kappa shape index (κ1) is 25.5. The zero-order valence-corrected chi connectivity index (χ0v) is 19.8. The van der Waals surface area contributed by atoms with Crippen LogP contribution in [0.15, 0.2) is 24.3 Å². The number of carbonyl (C=O) groups excluding carboxylic acids is 3. The van der Waals surface area contributed by atoms with Gasteiger partial charge in [0.1, 0.15) is 23.9 Å². The van der Waals surface area contributed by atoms with Gasteiger partial charge in [-0.05, 0) is 65.2 Å². The lowest BCUT2D eigenvalue weighted by Crippen LogP contribution is -2.52. The Hall–Kier alpha value is -2.77. The monoisotopic (exact) mass is 447 g/mol. The highest BCUT2D eigenvalue weighted by Crippen LogP contribution is 2.27. The summed E-state index contributed by atoms with van der Waals surface area (Å²) in [4.78, 5) is 40.0. The summed E-state index contributed by atoms with van der Waals surface area (Å²) in [5.74, 6) is -0.694. The zero-order valence-electron chi connectivity index (χ0n) is 19.8. The maximum atomic E-state index is 13.4. The van der Waals surface area contributed by atoms with Gasteiger partial charge in [-0.2, -0.15) is 0 Å². The van der Waals surface area contributed by atoms with Crippen LogP contribution in [0.25, 0.3) is 0 Å². The third-order valence-electron chi connectivity index (χ3n) is 5.29. The molecule has 1 aromatic rings. The molecule has 32 heavy (non-hydrogen) atoms. The maximum Gasteiger partial charge on any atom is 0.408 e. The van der Waals surface area contributed by atoms with Gasteiger partial charge in [-0.3, -0.25) is 9.59 Å². The van der Waals surface area contributed by atoms with Crippen molar-refractivity contribution in [2.75, 3.05) is 6.54 Å². The average molecular weight is 448 g/mol. The molecular weight excluding hydrogens is 410 g/mol. The van der Waals surface area contributed by atoms with Crippen LogP contribution >= 0.6 is 0 Å². The molecule has 3 amide bonds. The summed E-state index contributed by atoms with van der Waals surface area (Å²) in [6, 6.07) is 5.19. The molecule has 0 spiro atoms. The first-order valence-corrected chi connectivity index (χ1v) is 11.3. The Kier molecular flexibility index (Phi) is 8.92. The van der Waals surface area contributed by atoms with Crippen LogP contribution in [0.2, 0.25) is 0 Å². The maximum absolute atomic E-state index is 13.4. The highest BCUT2D eigenvalue weighted by Gasteiger charge is 2.35. The van der Waals surface area contributed by atoms with Gasteiger partial charge in [0.25, 0.3) is 0 Å². The van der Waals surface area contributed by atoms with Crippen molar-refractivity contribution in [1.29, 1.82) is 0 Å². The number of aromatic hydroxyl groups is 1. The number of carbonyl (C=O) groups is 3. The van der Waals surface area contributed by atoms with Gasteiger partial charge in [-0.25, -0.2) is 4.79 Å². The fourth-order valence-electron chi connectivity index (χ4n) is 3.94. The summed E-state index contributed by atoms with van der Waals surface area (Å²) < 4.78 is 5.20. The zero-order chi connectivity index (χ0) is 23.9. The molecule has 1 aliphatic carbocycles. The lowest BCUT2D eigenvalue weighted by Gasteiger charge is -2.36. The van der Waals surface area contributed by atoms with E-state index in [0.29, 0.717) is 5.56 Å². The number of rotatable bonds is 7. The predicted octanol–water partition coefficient (Wildman–Crippen LogP) is 3.64. The first-order chi connectivity index (χ1) is 15.0. The number of hydrogen-bond acceptors (Lipinski definition) is 5. The van der Waals surface area contributed by atoms with E-state index in [1.54, 1.807) is 32.9 Å². The second kappa shape index (κ2) is 11.2. The molecule has 3 N–H and O–H groups in total. The topological polar surface area (TPSA) is 108 Å². The van der Waals surface area contributed by atoms with E-state index in [0.717, 1.165) is 32.1 Å². The summed E-state index contributed by atoms with van der Waals surface area (Å²) in [6.45, 7) is 8.54. The van der Waals surface area contributed by atoms with Crippen LogP contribution in [0.3, 0.4) is 0 Å². The van der Waals surface area contributed by atoms with Gasteiger partial charge in [0.2, 0.25) is 11.8 Å². The number of nitrogens with one attached hydrogen (secondary N) is 2. The van der Waals surface area contributed by atoms with Gasteiger partial charge in [0, 0.05) is 12.1 Å². The van der Waals surface area contributed by atoms with Gasteiger partial charge < -0.3 is 25.4 Å². The normalized spacial score (nSPS) is 15.7. The molecule has 8 heteroatoms. The van der Waals surface area contributed by atoms with E-state index in [1.165, 1.54) is 17.0 Å². The van der Waals surface area contributed by atoms with Crippen molar-refractivity contribution in [2.45, 2.75) is 90.4 Å². The number of phenolic OH excluding ortho intramolecular Hbond substituents is 1. The Morgan fingerprint density at radius 3 is 2.38 bits per heavy atom. The van der Waals surface area contributed by atoms with Crippen molar-refractivity contribution < 1.29 is 24.2 Å². The fraction of sp³-hybridized carbons (Fsp3) is 0.625. The van der Waals surface area contributed by atoms with Crippen LogP contribution in [0, 0.1) is 0 Å². The van der Waals surface area contributed by atoms with Crippen LogP contribution < -0.4 is 10.6 Å². The van der Waals surface area contributed by atoms with E-state index in [9.17, 15) is 19.5 Å². The highest BCUT2D eigenvalue weighted by molar-refractivity contribution is 5.90. The van der Waals surface area contributed by atoms with Crippen LogP contribution in [0.5, 0.6) is 5.75 Å². The van der Waals surface area contributed by atoms with Crippen molar-refractivity contribution in [3.63, 3.8) is 0 Å². The number of benzene rings is 1. The minimum absolute atomic E-state index is 0.0148. The van der Waals surface area contributed by atoms with Gasteiger partial charge in [0.15, 0.2) is 0 Å². The molecular formula is C24H37N3O5. The molecule has 0 radical (unpaired) electrons. The van der Waals surface area contributed by atoms with Crippen molar-refractivity contribution >= 4 is 17.9 Å². The molecule has 0 heterocycles. The van der Waals surface area contributed by atoms with Crippen LogP contribution in [-0.4, -0.2) is 52.1 Å². The van der Waals surface area contributed by atoms with E-state index in [2.05, 4.69) is 10.6 Å². The minimum atomic E-state index is -0.933. The number of ether oxygens (including phenoxy) is 1. The highest BCUT2D eigenvalue weighted by atomic mass is 16.6. The molecule has 1 fully saturated rings. The van der Waals surface area contributed by atoms with Crippen molar-refractivity contribution in [3.05, 3.63) is 29.8 Å². The van der Waals surface area contributed by atoms with Crippen LogP contribution in [-0.2, 0) is 14.3 Å². The number of amides is 3. The second-order valence-electron chi connectivity index (χ2n) is 9.59. The molecule has 178 valence electrons. The van der Waals surface area contributed by atoms with Crippen molar-refractivity contribution in [3.8, 4) is 5.75 Å². The summed E-state index contributed by atoms with van der Waals surface area (Å²) >= 11 is 0. The number of phenols is 1. The molecule has 0 aliphatic heterocycles. The number of hydrogen-bond donors (Lipinski definition) is 3. The van der Waals surface area contributed by atoms with Crippen LogP contribution in [0.4, 0.5) is 4.79 Å². The Morgan fingerprint density at radius 1 is 1.16 bits per heavy atom. The Morgan fingerprint density at radius 2 is 1.81 bits per heavy atom. The molecule has 0 aromatic heterocycles. The fourth-order valence-corrected chi connectivity index (χ4v) is 3.94. The summed E-state index contributed by atoms with van der Waals surface area (Å²) in [5, 5.41) is 15.6. The van der Waals surface area contributed by atoms with Gasteiger partial charge >= 0.3 is 6.09 Å². The van der Waals surface area contributed by atoms with Gasteiger partial charge in [0.05, 0.1) is 0 Å². The Balaban J connectivity index is 2.25. The Bertz CT molecular complexity index is 797. The van der Waals surface area contributed by atoms with Crippen LogP contribution in [0.1, 0.15) is 78.3 Å². The molecule has 1 saturated carbocycles. The minimum Gasteiger partial charge on any atom is -0.508 e. The standard InChI is InChI=1S/C24H37N3O5/c1-16(2)27(20(29)15-25-23(31)32-24(3,4)5)21(17-10-9-13-19(28)14-17)22(30)26-18-11-7-6-8-12-18/h9-10,13-14,16,18,21,28H,6-8,11-12,15H2,1-5H3,(H,25,31)(H,26,30). The second-order valence-corrected chi connectivity index (χ2v) is 9.59. The van der Waals surface area contributed by atoms with E-state index >= 15 is 0 Å². The third kappa shape index (κ3) is 7.73. The molecule has 1 aliphatic rings. The number of alkyl carbamates (subject to hydrolysis) is 1. The average Bonchev–Trinajstić information content (AvgIpc) is 2.69. The van der Waals surface area contributed by atoms with E-state index in [-0.39, 0.29) is 30.3 Å². The lowest BCUT2D eigenvalue weighted by molar-refractivity contribution is -0.142. The molecule has 0 saturated heterocycles. The Labute approximate surface area is 190 Å². The largest absolute Gasteiger partial charge is 0.508 e. The predicted molar refractivity (Wildman–Crippen MR) is 122 cm³/mol. The first-order valence-electron chi connectivity index (χ1n) is 11.3. The SMILES string of the molecule is CC(C)N(C(=O)CNC(=O)OC(C)(C)C)C(C(=O)NC1CCCCC1)c1cccc(O)c1. The molecule has 8 nitrogen and oxygen atoms in total. The van der Waals surface area contributed by atoms with Crippen molar-refractivity contribution in [1.82, 2.24) is 15.5 Å². The smallest absolute Gasteiger partial charge is 0.408 e. The van der Waals surface area contributed by atoms with Crippen molar-refractivity contribution in [2.24, 2.45) is 0 Å². The third-order valence-corrected chi connectivity index (χ3v) is 5.29. The van der Waals surface area contributed by atoms with E-state index in [1.807, 2.05) is 13.8 Å². The van der Waals surface area contributed by atoms with E-state index < -0.39 is 23.6 Å². The van der Waals surface area contributed by atoms with E-state index in [4.69, 9.17) is 4.74 Å². The summed E-state index contributed by atoms with van der Waals surface area (Å²) in [6.07, 6.45) is 4.41. The quantitative estimate of drug-likeness (QED) is 0.591. The molecule has 1 aromatic carbocycles. The van der Waals surface area contributed by atoms with Gasteiger partial charge in [-0.1, -0.05) is 31.4 Å². The molecule has 2 rings (SSSR count). The van der Waals surface area contributed by atoms with Gasteiger partial charge in [-0.15, -0.1) is 0 Å². The summed E-state index contributed by atoms with van der Waals surface area (Å²) in [7, 11) is 0. The summed E-state index contributed by atoms with van der Waals surface area (Å²) in [5.41, 5.74) is -0.174. The number of nitrogens with zero attached hydrogens (tertiary/aromatic N) is 1. The molecule has 1 unspecified atom stereocenters.